The van der Waals surface area contributed by atoms with E-state index in [1.807, 2.05) is 0 Å². The molecule has 0 amide bonds. The van der Waals surface area contributed by atoms with Crippen LogP contribution in [0.25, 0.3) is 11.3 Å². The lowest BCUT2D eigenvalue weighted by Crippen LogP contribution is -2.10. The zero-order valence-electron chi connectivity index (χ0n) is 16.3. The largest absolute Gasteiger partial charge is 0.483 e. The molecule has 3 nitrogen and oxygen atoms in total. The third kappa shape index (κ3) is 5.42. The Labute approximate surface area is 187 Å². The molecule has 0 radical (unpaired) electrons. The number of Topliss-reactive ketones (excluding diaryl/α,β-unsaturated/α-hetero) is 1. The Morgan fingerprint density at radius 2 is 1.75 bits per heavy atom. The maximum Gasteiger partial charge on any atom is 0.427 e. The van der Waals surface area contributed by atoms with Crippen molar-refractivity contribution in [1.82, 2.24) is 4.37 Å². The van der Waals surface area contributed by atoms with E-state index < -0.39 is 46.4 Å². The number of carbonyl (C=O) groups excluding carboxylic acids is 1. The van der Waals surface area contributed by atoms with Crippen molar-refractivity contribution in [2.45, 2.75) is 32.5 Å². The summed E-state index contributed by atoms with van der Waals surface area (Å²) in [6.07, 6.45) is -4.67. The van der Waals surface area contributed by atoms with E-state index in [2.05, 4.69) is 4.37 Å². The first-order chi connectivity index (χ1) is 15.0. The second-order valence-corrected chi connectivity index (χ2v) is 8.05. The normalized spacial score (nSPS) is 11.6. The van der Waals surface area contributed by atoms with Gasteiger partial charge in [0.05, 0.1) is 5.69 Å². The van der Waals surface area contributed by atoms with Crippen molar-refractivity contribution >= 4 is 28.9 Å². The summed E-state index contributed by atoms with van der Waals surface area (Å²) < 4.78 is 92.2. The van der Waals surface area contributed by atoms with E-state index in [9.17, 15) is 31.1 Å². The molecule has 1 heterocycles. The number of alkyl halides is 3. The van der Waals surface area contributed by atoms with Gasteiger partial charge in [0.25, 0.3) is 0 Å². The standard InChI is InChI=1S/C21H14ClF6NO2S/c1-10(30)2-3-11-6-16(24)19(17(25)7-11)31-9-14-18(29-32-20(14)21(26,27)28)13-5-4-12(22)8-15(13)23/h4-8H,2-3,9H2,1H3. The lowest BCUT2D eigenvalue weighted by atomic mass is 10.1. The summed E-state index contributed by atoms with van der Waals surface area (Å²) in [6.45, 7) is 0.418. The fraction of sp³-hybridized carbons (Fsp3) is 0.238. The van der Waals surface area contributed by atoms with E-state index in [1.165, 1.54) is 13.0 Å². The van der Waals surface area contributed by atoms with Crippen molar-refractivity contribution in [3.8, 4) is 17.0 Å². The van der Waals surface area contributed by atoms with E-state index in [0.717, 1.165) is 24.3 Å². The highest BCUT2D eigenvalue weighted by Gasteiger charge is 2.38. The lowest BCUT2D eigenvalue weighted by molar-refractivity contribution is -0.135. The van der Waals surface area contributed by atoms with E-state index in [-0.39, 0.29) is 52.0 Å². The van der Waals surface area contributed by atoms with E-state index in [1.54, 1.807) is 0 Å². The van der Waals surface area contributed by atoms with Crippen LogP contribution in [0, 0.1) is 17.5 Å². The Morgan fingerprint density at radius 1 is 1.09 bits per heavy atom. The molecule has 0 fully saturated rings. The molecule has 1 aromatic heterocycles. The average molecular weight is 494 g/mol. The zero-order valence-corrected chi connectivity index (χ0v) is 17.9. The van der Waals surface area contributed by atoms with Gasteiger partial charge in [0.2, 0.25) is 0 Å². The third-order valence-electron chi connectivity index (χ3n) is 4.42. The molecule has 0 aliphatic heterocycles. The molecule has 0 aliphatic rings. The fourth-order valence-electron chi connectivity index (χ4n) is 2.92. The first kappa shape index (κ1) is 24.1. The van der Waals surface area contributed by atoms with Gasteiger partial charge < -0.3 is 9.53 Å². The van der Waals surface area contributed by atoms with Crippen LogP contribution < -0.4 is 4.74 Å². The SMILES string of the molecule is CC(=O)CCc1cc(F)c(OCc2c(-c3ccc(Cl)cc3F)nsc2C(F)(F)F)c(F)c1. The van der Waals surface area contributed by atoms with Gasteiger partial charge >= 0.3 is 6.18 Å². The number of ketones is 1. The Hall–Kier alpha value is -2.59. The highest BCUT2D eigenvalue weighted by Crippen LogP contribution is 2.41. The number of hydrogen-bond acceptors (Lipinski definition) is 4. The minimum atomic E-state index is -4.84. The van der Waals surface area contributed by atoms with Crippen LogP contribution in [-0.2, 0) is 24.0 Å². The number of aryl methyl sites for hydroxylation is 1. The van der Waals surface area contributed by atoms with Gasteiger partial charge in [-0.1, -0.05) is 11.6 Å². The molecule has 0 unspecified atom stereocenters. The maximum atomic E-state index is 14.4. The smallest absolute Gasteiger partial charge is 0.427 e. The number of nitrogens with zero attached hydrogens (tertiary/aromatic N) is 1. The molecular formula is C21H14ClF6NO2S. The summed E-state index contributed by atoms with van der Waals surface area (Å²) in [5.41, 5.74) is -1.00. The number of rotatable bonds is 7. The summed E-state index contributed by atoms with van der Waals surface area (Å²) in [7, 11) is 0. The topological polar surface area (TPSA) is 39.2 Å². The van der Waals surface area contributed by atoms with Gasteiger partial charge in [-0.2, -0.15) is 17.5 Å². The monoisotopic (exact) mass is 493 g/mol. The molecule has 3 aromatic rings. The van der Waals surface area contributed by atoms with Crippen LogP contribution in [0.3, 0.4) is 0 Å². The minimum Gasteiger partial charge on any atom is -0.483 e. The maximum absolute atomic E-state index is 14.4. The van der Waals surface area contributed by atoms with Crippen LogP contribution in [0.2, 0.25) is 5.02 Å². The minimum absolute atomic E-state index is 0.0318. The van der Waals surface area contributed by atoms with Gasteiger partial charge in [0.1, 0.15) is 23.1 Å². The predicted octanol–water partition coefficient (Wildman–Crippen LogP) is 7.00. The molecule has 0 aliphatic carbocycles. The molecule has 0 N–H and O–H groups in total. The highest BCUT2D eigenvalue weighted by atomic mass is 35.5. The first-order valence-electron chi connectivity index (χ1n) is 9.08. The molecule has 0 saturated heterocycles. The number of aromatic nitrogens is 1. The first-order valence-corrected chi connectivity index (χ1v) is 10.2. The molecule has 0 atom stereocenters. The summed E-state index contributed by atoms with van der Waals surface area (Å²) in [4.78, 5) is 9.87. The van der Waals surface area contributed by atoms with Crippen molar-refractivity contribution in [1.29, 1.82) is 0 Å². The van der Waals surface area contributed by atoms with Crippen molar-refractivity contribution < 1.29 is 35.9 Å². The van der Waals surface area contributed by atoms with Crippen LogP contribution in [0.1, 0.15) is 29.3 Å². The Kier molecular flexibility index (Phi) is 7.14. The van der Waals surface area contributed by atoms with Gasteiger partial charge in [-0.25, -0.2) is 13.2 Å². The molecular weight excluding hydrogens is 480 g/mol. The Bertz CT molecular complexity index is 1140. The molecule has 2 aromatic carbocycles. The molecule has 0 spiro atoms. The van der Waals surface area contributed by atoms with E-state index in [0.29, 0.717) is 0 Å². The molecule has 11 heteroatoms. The molecule has 170 valence electrons. The summed E-state index contributed by atoms with van der Waals surface area (Å²) in [6, 6.07) is 5.22. The Morgan fingerprint density at radius 3 is 2.31 bits per heavy atom. The zero-order chi connectivity index (χ0) is 23.6. The second-order valence-electron chi connectivity index (χ2n) is 6.84. The number of hydrogen-bond donors (Lipinski definition) is 0. The lowest BCUT2D eigenvalue weighted by Gasteiger charge is -2.13. The van der Waals surface area contributed by atoms with Gasteiger partial charge in [-0.05, 0) is 60.8 Å². The summed E-state index contributed by atoms with van der Waals surface area (Å²) >= 11 is 5.76. The van der Waals surface area contributed by atoms with Crippen molar-refractivity contribution in [2.24, 2.45) is 0 Å². The average Bonchev–Trinajstić information content (AvgIpc) is 3.10. The van der Waals surface area contributed by atoms with Crippen LogP contribution in [0.4, 0.5) is 26.3 Å². The third-order valence-corrected chi connectivity index (χ3v) is 5.59. The van der Waals surface area contributed by atoms with Gasteiger partial charge in [-0.15, -0.1) is 0 Å². The molecule has 0 saturated carbocycles. The quantitative estimate of drug-likeness (QED) is 0.333. The van der Waals surface area contributed by atoms with Crippen LogP contribution >= 0.6 is 23.1 Å². The van der Waals surface area contributed by atoms with Crippen molar-refractivity contribution in [2.75, 3.05) is 0 Å². The van der Waals surface area contributed by atoms with Crippen LogP contribution in [0.5, 0.6) is 5.75 Å². The van der Waals surface area contributed by atoms with Gasteiger partial charge in [-0.3, -0.25) is 0 Å². The number of benzene rings is 2. The Balaban J connectivity index is 1.95. The number of halogens is 7. The van der Waals surface area contributed by atoms with Crippen molar-refractivity contribution in [3.05, 3.63) is 68.8 Å². The van der Waals surface area contributed by atoms with Crippen molar-refractivity contribution in [3.63, 3.8) is 0 Å². The molecule has 0 bridgehead atoms. The van der Waals surface area contributed by atoms with Gasteiger partial charge in [0, 0.05) is 22.6 Å². The van der Waals surface area contributed by atoms with Gasteiger partial charge in [0.15, 0.2) is 17.4 Å². The number of ether oxygens (including phenoxy) is 1. The molecule has 32 heavy (non-hydrogen) atoms. The number of carbonyl (C=O) groups is 1. The highest BCUT2D eigenvalue weighted by molar-refractivity contribution is 7.06. The van der Waals surface area contributed by atoms with E-state index >= 15 is 0 Å². The van der Waals surface area contributed by atoms with Crippen LogP contribution in [0.15, 0.2) is 30.3 Å². The predicted molar refractivity (Wildman–Crippen MR) is 107 cm³/mol. The van der Waals surface area contributed by atoms with Crippen LogP contribution in [-0.4, -0.2) is 10.2 Å². The van der Waals surface area contributed by atoms with E-state index in [4.69, 9.17) is 16.3 Å². The fourth-order valence-corrected chi connectivity index (χ4v) is 3.84. The summed E-state index contributed by atoms with van der Waals surface area (Å²) in [5, 5.41) is 0.0318. The molecule has 3 rings (SSSR count). The summed E-state index contributed by atoms with van der Waals surface area (Å²) in [5.74, 6) is -4.25. The second kappa shape index (κ2) is 9.50.